The Labute approximate surface area is 170 Å². The highest BCUT2D eigenvalue weighted by Crippen LogP contribution is 2.39. The molecule has 0 amide bonds. The van der Waals surface area contributed by atoms with Crippen LogP contribution < -0.4 is 14.2 Å². The third-order valence-corrected chi connectivity index (χ3v) is 3.98. The smallest absolute Gasteiger partial charge is 0.363 e. The summed E-state index contributed by atoms with van der Waals surface area (Å²) < 4.78 is 20.8. The molecule has 0 fully saturated rings. The molecule has 30 heavy (non-hydrogen) atoms. The number of benzene rings is 2. The Kier molecular flexibility index (Phi) is 5.77. The first-order valence-corrected chi connectivity index (χ1v) is 8.54. The summed E-state index contributed by atoms with van der Waals surface area (Å²) in [6.45, 7) is 1.25. The molecule has 0 aromatic heterocycles. The van der Waals surface area contributed by atoms with E-state index in [4.69, 9.17) is 18.9 Å². The van der Waals surface area contributed by atoms with E-state index < -0.39 is 16.9 Å². The van der Waals surface area contributed by atoms with Crippen LogP contribution in [0.1, 0.15) is 18.1 Å². The van der Waals surface area contributed by atoms with Crippen LogP contribution >= 0.6 is 0 Å². The maximum absolute atomic E-state index is 12.2. The monoisotopic (exact) mass is 412 g/mol. The number of non-ortho nitro benzene ring substituents is 1. The van der Waals surface area contributed by atoms with E-state index in [1.54, 1.807) is 12.1 Å². The second-order valence-electron chi connectivity index (χ2n) is 5.99. The van der Waals surface area contributed by atoms with Crippen LogP contribution in [0.5, 0.6) is 17.2 Å². The average Bonchev–Trinajstić information content (AvgIpc) is 3.08. The molecular formula is C20H16N2O8. The molecule has 0 spiro atoms. The van der Waals surface area contributed by atoms with E-state index in [-0.39, 0.29) is 34.5 Å². The van der Waals surface area contributed by atoms with Crippen LogP contribution in [0.25, 0.3) is 6.08 Å². The molecule has 3 rings (SSSR count). The van der Waals surface area contributed by atoms with E-state index in [1.807, 2.05) is 0 Å². The van der Waals surface area contributed by atoms with E-state index in [2.05, 4.69) is 4.99 Å². The van der Waals surface area contributed by atoms with Gasteiger partial charge in [-0.05, 0) is 35.9 Å². The van der Waals surface area contributed by atoms with E-state index in [0.29, 0.717) is 11.1 Å². The van der Waals surface area contributed by atoms with Gasteiger partial charge in [0.2, 0.25) is 11.6 Å². The number of aliphatic imine (C=N–C) groups is 1. The summed E-state index contributed by atoms with van der Waals surface area (Å²) in [5.74, 6) is -0.653. The number of ether oxygens (including phenoxy) is 4. The van der Waals surface area contributed by atoms with Crippen LogP contribution in [-0.4, -0.2) is 37.0 Å². The first-order valence-electron chi connectivity index (χ1n) is 8.54. The molecule has 154 valence electrons. The summed E-state index contributed by atoms with van der Waals surface area (Å²) in [6.07, 6.45) is 1.45. The third-order valence-electron chi connectivity index (χ3n) is 3.98. The van der Waals surface area contributed by atoms with Crippen molar-refractivity contribution in [2.24, 2.45) is 4.99 Å². The lowest BCUT2D eigenvalue weighted by atomic mass is 10.1. The van der Waals surface area contributed by atoms with Crippen molar-refractivity contribution in [3.8, 4) is 17.2 Å². The molecule has 0 unspecified atom stereocenters. The van der Waals surface area contributed by atoms with Crippen LogP contribution in [0.4, 0.5) is 5.69 Å². The van der Waals surface area contributed by atoms with Crippen LogP contribution in [0, 0.1) is 10.1 Å². The molecule has 0 N–H and O–H groups in total. The van der Waals surface area contributed by atoms with Gasteiger partial charge >= 0.3 is 11.9 Å². The SMILES string of the molecule is COc1cc(/C=C2/N=C(c3ccc([N+](=O)[O-])cc3)OC2=O)cc(OC)c1OC(C)=O. The predicted molar refractivity (Wildman–Crippen MR) is 105 cm³/mol. The molecule has 0 saturated carbocycles. The average molecular weight is 412 g/mol. The van der Waals surface area contributed by atoms with Gasteiger partial charge in [0.1, 0.15) is 0 Å². The number of cyclic esters (lactones) is 1. The van der Waals surface area contributed by atoms with Gasteiger partial charge in [0, 0.05) is 24.6 Å². The second-order valence-corrected chi connectivity index (χ2v) is 5.99. The fourth-order valence-electron chi connectivity index (χ4n) is 2.64. The minimum atomic E-state index is -0.689. The van der Waals surface area contributed by atoms with E-state index in [1.165, 1.54) is 51.5 Å². The van der Waals surface area contributed by atoms with Crippen molar-refractivity contribution in [1.29, 1.82) is 0 Å². The molecule has 0 saturated heterocycles. The van der Waals surface area contributed by atoms with Crippen molar-refractivity contribution in [3.05, 3.63) is 63.3 Å². The number of nitro benzene ring substituents is 1. The van der Waals surface area contributed by atoms with Crippen molar-refractivity contribution in [2.45, 2.75) is 6.92 Å². The number of methoxy groups -OCH3 is 2. The quantitative estimate of drug-likeness (QED) is 0.233. The zero-order chi connectivity index (χ0) is 21.8. The van der Waals surface area contributed by atoms with Gasteiger partial charge in [-0.3, -0.25) is 14.9 Å². The molecule has 10 heteroatoms. The zero-order valence-electron chi connectivity index (χ0n) is 16.2. The van der Waals surface area contributed by atoms with Crippen molar-refractivity contribution < 1.29 is 33.5 Å². The molecule has 2 aromatic carbocycles. The number of nitrogens with zero attached hydrogens (tertiary/aromatic N) is 2. The minimum absolute atomic E-state index is 0.00713. The number of nitro groups is 1. The van der Waals surface area contributed by atoms with Crippen LogP contribution in [0.2, 0.25) is 0 Å². The first-order chi connectivity index (χ1) is 14.3. The lowest BCUT2D eigenvalue weighted by molar-refractivity contribution is -0.384. The van der Waals surface area contributed by atoms with Crippen LogP contribution in [-0.2, 0) is 14.3 Å². The Bertz CT molecular complexity index is 1060. The summed E-state index contributed by atoms with van der Waals surface area (Å²) in [6, 6.07) is 8.54. The summed E-state index contributed by atoms with van der Waals surface area (Å²) in [7, 11) is 2.79. The highest BCUT2D eigenvalue weighted by Gasteiger charge is 2.25. The van der Waals surface area contributed by atoms with Crippen molar-refractivity contribution in [2.75, 3.05) is 14.2 Å². The van der Waals surface area contributed by atoms with Crippen molar-refractivity contribution >= 4 is 29.6 Å². The predicted octanol–water partition coefficient (Wildman–Crippen LogP) is 2.88. The molecular weight excluding hydrogens is 396 g/mol. The second kappa shape index (κ2) is 8.43. The zero-order valence-corrected chi connectivity index (χ0v) is 16.2. The molecule has 0 bridgehead atoms. The summed E-state index contributed by atoms with van der Waals surface area (Å²) >= 11 is 0. The summed E-state index contributed by atoms with van der Waals surface area (Å²) in [5.41, 5.74) is 0.817. The third kappa shape index (κ3) is 4.27. The van der Waals surface area contributed by atoms with Crippen molar-refractivity contribution in [3.63, 3.8) is 0 Å². The molecule has 10 nitrogen and oxygen atoms in total. The Morgan fingerprint density at radius 1 is 1.13 bits per heavy atom. The number of rotatable bonds is 6. The number of hydrogen-bond donors (Lipinski definition) is 0. The maximum Gasteiger partial charge on any atom is 0.363 e. The number of carbonyl (C=O) groups excluding carboxylic acids is 2. The van der Waals surface area contributed by atoms with E-state index in [9.17, 15) is 19.7 Å². The van der Waals surface area contributed by atoms with Crippen LogP contribution in [0.3, 0.4) is 0 Å². The summed E-state index contributed by atoms with van der Waals surface area (Å²) in [5, 5.41) is 10.8. The molecule has 1 aliphatic rings. The standard InChI is InChI=1S/C20H16N2O8/c1-11(23)29-18-16(27-2)9-12(10-17(18)28-3)8-15-20(24)30-19(21-15)13-4-6-14(7-5-13)22(25)26/h4-10H,1-3H3/b15-8+. The first kappa shape index (κ1) is 20.5. The minimum Gasteiger partial charge on any atom is -0.493 e. The number of carbonyl (C=O) groups is 2. The molecule has 1 aliphatic heterocycles. The van der Waals surface area contributed by atoms with Gasteiger partial charge in [0.25, 0.3) is 5.69 Å². The van der Waals surface area contributed by atoms with Gasteiger partial charge in [-0.25, -0.2) is 9.79 Å². The van der Waals surface area contributed by atoms with Gasteiger partial charge in [0.05, 0.1) is 19.1 Å². The Morgan fingerprint density at radius 2 is 1.73 bits per heavy atom. The fourth-order valence-corrected chi connectivity index (χ4v) is 2.64. The largest absolute Gasteiger partial charge is 0.493 e. The normalized spacial score (nSPS) is 14.2. The lowest BCUT2D eigenvalue weighted by Gasteiger charge is -2.13. The van der Waals surface area contributed by atoms with Gasteiger partial charge in [-0.1, -0.05) is 0 Å². The highest BCUT2D eigenvalue weighted by atomic mass is 16.6. The van der Waals surface area contributed by atoms with Crippen molar-refractivity contribution in [1.82, 2.24) is 0 Å². The molecule has 1 heterocycles. The number of esters is 2. The summed E-state index contributed by atoms with van der Waals surface area (Å²) in [4.78, 5) is 37.9. The molecule has 0 atom stereocenters. The van der Waals surface area contributed by atoms with Gasteiger partial charge in [0.15, 0.2) is 17.2 Å². The van der Waals surface area contributed by atoms with Crippen LogP contribution in [0.15, 0.2) is 47.1 Å². The Hall–Kier alpha value is -4.21. The molecule has 0 aliphatic carbocycles. The van der Waals surface area contributed by atoms with Gasteiger partial charge in [-0.15, -0.1) is 0 Å². The molecule has 2 aromatic rings. The highest BCUT2D eigenvalue weighted by molar-refractivity contribution is 6.12. The topological polar surface area (TPSA) is 127 Å². The van der Waals surface area contributed by atoms with Gasteiger partial charge in [-0.2, -0.15) is 0 Å². The maximum atomic E-state index is 12.2. The fraction of sp³-hybridized carbons (Fsp3) is 0.150. The van der Waals surface area contributed by atoms with Gasteiger partial charge < -0.3 is 18.9 Å². The van der Waals surface area contributed by atoms with E-state index >= 15 is 0 Å². The number of hydrogen-bond acceptors (Lipinski definition) is 9. The van der Waals surface area contributed by atoms with E-state index in [0.717, 1.165) is 0 Å². The Morgan fingerprint density at radius 3 is 2.23 bits per heavy atom. The molecule has 0 radical (unpaired) electrons. The lowest BCUT2D eigenvalue weighted by Crippen LogP contribution is -2.06. The Balaban J connectivity index is 1.96.